The molecule has 1 heterocycles. The predicted octanol–water partition coefficient (Wildman–Crippen LogP) is 1.09. The van der Waals surface area contributed by atoms with Gasteiger partial charge in [0, 0.05) is 18.2 Å². The second kappa shape index (κ2) is 3.49. The lowest BCUT2D eigenvalue weighted by Gasteiger charge is -2.29. The van der Waals surface area contributed by atoms with Crippen molar-refractivity contribution in [3.8, 4) is 0 Å². The molecule has 0 amide bonds. The molecule has 0 atom stereocenters. The zero-order valence-corrected chi connectivity index (χ0v) is 8.90. The molecule has 0 unspecified atom stereocenters. The molecule has 5 nitrogen and oxygen atoms in total. The number of nitrogens with zero attached hydrogens (tertiary/aromatic N) is 3. The third-order valence-corrected chi connectivity index (χ3v) is 2.35. The Morgan fingerprint density at radius 2 is 2.00 bits per heavy atom. The Morgan fingerprint density at radius 3 is 2.60 bits per heavy atom. The first-order valence-electron chi connectivity index (χ1n) is 4.90. The summed E-state index contributed by atoms with van der Waals surface area (Å²) in [5.74, 6) is 0.168. The van der Waals surface area contributed by atoms with Crippen LogP contribution >= 0.6 is 0 Å². The Morgan fingerprint density at radius 1 is 1.33 bits per heavy atom. The van der Waals surface area contributed by atoms with Crippen LogP contribution in [0.4, 0.5) is 0 Å². The molecule has 5 heteroatoms. The van der Waals surface area contributed by atoms with E-state index in [-0.39, 0.29) is 11.2 Å². The maximum absolute atomic E-state index is 11.5. The summed E-state index contributed by atoms with van der Waals surface area (Å²) in [6.07, 6.45) is 6.25. The summed E-state index contributed by atoms with van der Waals surface area (Å²) in [5.41, 5.74) is 4.02. The molecule has 1 aromatic rings. The first-order chi connectivity index (χ1) is 7.05. The topological polar surface area (TPSA) is 59.8 Å². The number of allylic oxidation sites excluding steroid dienone is 2. The van der Waals surface area contributed by atoms with Crippen LogP contribution in [0.25, 0.3) is 0 Å². The van der Waals surface area contributed by atoms with Crippen LogP contribution in [0.2, 0.25) is 0 Å². The lowest BCUT2D eigenvalue weighted by molar-refractivity contribution is -0.117. The van der Waals surface area contributed by atoms with Gasteiger partial charge in [0.15, 0.2) is 5.78 Å². The van der Waals surface area contributed by atoms with Crippen molar-refractivity contribution in [2.75, 3.05) is 5.43 Å². The Hall–Kier alpha value is -1.65. The number of carbonyl (C=O) groups excluding carboxylic acids is 1. The summed E-state index contributed by atoms with van der Waals surface area (Å²) in [5, 5.41) is 7.36. The highest BCUT2D eigenvalue weighted by molar-refractivity contribution is 5.92. The Balaban J connectivity index is 2.13. The van der Waals surface area contributed by atoms with E-state index in [1.54, 1.807) is 23.4 Å². The van der Waals surface area contributed by atoms with Gasteiger partial charge in [0.05, 0.1) is 0 Å². The van der Waals surface area contributed by atoms with Gasteiger partial charge in [-0.2, -0.15) is 0 Å². The molecule has 0 saturated heterocycles. The van der Waals surface area contributed by atoms with Gasteiger partial charge < -0.3 is 0 Å². The minimum absolute atomic E-state index is 0.0299. The molecule has 15 heavy (non-hydrogen) atoms. The van der Waals surface area contributed by atoms with Gasteiger partial charge >= 0.3 is 0 Å². The molecule has 0 aromatic carbocycles. The fourth-order valence-corrected chi connectivity index (χ4v) is 1.84. The summed E-state index contributed by atoms with van der Waals surface area (Å²) >= 11 is 0. The molecule has 1 N–H and O–H groups in total. The molecule has 0 bridgehead atoms. The van der Waals surface area contributed by atoms with Crippen molar-refractivity contribution in [3.63, 3.8) is 0 Å². The van der Waals surface area contributed by atoms with E-state index < -0.39 is 0 Å². The van der Waals surface area contributed by atoms with Crippen LogP contribution in [0.1, 0.15) is 26.7 Å². The fraction of sp³-hybridized carbons (Fsp3) is 0.500. The molecule has 1 aliphatic carbocycles. The van der Waals surface area contributed by atoms with E-state index in [2.05, 4.69) is 29.5 Å². The lowest BCUT2D eigenvalue weighted by Crippen LogP contribution is -2.27. The van der Waals surface area contributed by atoms with Crippen molar-refractivity contribution >= 4 is 5.78 Å². The average Bonchev–Trinajstić information content (AvgIpc) is 2.52. The number of hydrogen-bond acceptors (Lipinski definition) is 4. The van der Waals surface area contributed by atoms with Crippen LogP contribution in [-0.4, -0.2) is 20.7 Å². The van der Waals surface area contributed by atoms with E-state index in [0.29, 0.717) is 6.42 Å². The van der Waals surface area contributed by atoms with E-state index in [1.807, 2.05) is 0 Å². The molecule has 80 valence electrons. The molecule has 0 radical (unpaired) electrons. The number of nitrogens with one attached hydrogen (secondary N) is 1. The molecule has 0 fully saturated rings. The maximum atomic E-state index is 11.5. The number of carbonyl (C=O) groups is 1. The van der Waals surface area contributed by atoms with Gasteiger partial charge in [0.2, 0.25) is 0 Å². The first-order valence-corrected chi connectivity index (χ1v) is 4.90. The van der Waals surface area contributed by atoms with E-state index in [0.717, 1.165) is 12.1 Å². The summed E-state index contributed by atoms with van der Waals surface area (Å²) < 4.78 is 1.64. The molecule has 1 aliphatic rings. The van der Waals surface area contributed by atoms with Gasteiger partial charge in [-0.3, -0.25) is 10.2 Å². The number of ketones is 1. The van der Waals surface area contributed by atoms with Crippen LogP contribution in [0, 0.1) is 5.41 Å². The normalized spacial score (nSPS) is 19.9. The SMILES string of the molecule is CC1(C)CC(=O)C=C(Nn2cnnc2)C1. The quantitative estimate of drug-likeness (QED) is 0.787. The van der Waals surface area contributed by atoms with Gasteiger partial charge in [-0.15, -0.1) is 10.2 Å². The number of hydrogen-bond donors (Lipinski definition) is 1. The summed E-state index contributed by atoms with van der Waals surface area (Å²) in [7, 11) is 0. The van der Waals surface area contributed by atoms with Crippen LogP contribution in [0.15, 0.2) is 24.4 Å². The standard InChI is InChI=1S/C10H14N4O/c1-10(2)4-8(3-9(15)5-10)13-14-6-11-12-7-14/h3,6-7,13H,4-5H2,1-2H3. The van der Waals surface area contributed by atoms with E-state index in [4.69, 9.17) is 0 Å². The molecular weight excluding hydrogens is 192 g/mol. The Bertz CT molecular complexity index is 392. The van der Waals surface area contributed by atoms with Crippen LogP contribution in [0.3, 0.4) is 0 Å². The van der Waals surface area contributed by atoms with Gasteiger partial charge in [-0.05, 0) is 11.8 Å². The van der Waals surface area contributed by atoms with Crippen molar-refractivity contribution in [2.45, 2.75) is 26.7 Å². The monoisotopic (exact) mass is 206 g/mol. The molecule has 0 saturated carbocycles. The Kier molecular flexibility index (Phi) is 2.30. The number of aromatic nitrogens is 3. The first kappa shape index (κ1) is 9.89. The van der Waals surface area contributed by atoms with Crippen molar-refractivity contribution in [1.82, 2.24) is 14.9 Å². The molecule has 2 rings (SSSR count). The average molecular weight is 206 g/mol. The highest BCUT2D eigenvalue weighted by Crippen LogP contribution is 2.32. The van der Waals surface area contributed by atoms with Gasteiger partial charge in [-0.1, -0.05) is 13.8 Å². The van der Waals surface area contributed by atoms with Crippen LogP contribution in [-0.2, 0) is 4.79 Å². The highest BCUT2D eigenvalue weighted by Gasteiger charge is 2.27. The minimum atomic E-state index is 0.0299. The van der Waals surface area contributed by atoms with Crippen LogP contribution in [0.5, 0.6) is 0 Å². The maximum Gasteiger partial charge on any atom is 0.158 e. The largest absolute Gasteiger partial charge is 0.296 e. The lowest BCUT2D eigenvalue weighted by atomic mass is 9.79. The smallest absolute Gasteiger partial charge is 0.158 e. The fourth-order valence-electron chi connectivity index (χ4n) is 1.84. The Labute approximate surface area is 88.2 Å². The van der Waals surface area contributed by atoms with E-state index in [1.165, 1.54) is 0 Å². The third kappa shape index (κ3) is 2.43. The van der Waals surface area contributed by atoms with Gasteiger partial charge in [0.1, 0.15) is 12.7 Å². The minimum Gasteiger partial charge on any atom is -0.296 e. The van der Waals surface area contributed by atoms with Crippen molar-refractivity contribution in [3.05, 3.63) is 24.4 Å². The van der Waals surface area contributed by atoms with Crippen molar-refractivity contribution in [2.24, 2.45) is 5.41 Å². The van der Waals surface area contributed by atoms with Crippen LogP contribution < -0.4 is 5.43 Å². The summed E-state index contributed by atoms with van der Waals surface area (Å²) in [4.78, 5) is 11.5. The molecular formula is C10H14N4O. The second-order valence-corrected chi connectivity index (χ2v) is 4.63. The predicted molar refractivity (Wildman–Crippen MR) is 55.5 cm³/mol. The van der Waals surface area contributed by atoms with Gasteiger partial charge in [0.25, 0.3) is 0 Å². The molecule has 0 spiro atoms. The zero-order valence-electron chi connectivity index (χ0n) is 8.90. The van der Waals surface area contributed by atoms with E-state index in [9.17, 15) is 4.79 Å². The van der Waals surface area contributed by atoms with Gasteiger partial charge in [-0.25, -0.2) is 4.68 Å². The molecule has 0 aliphatic heterocycles. The van der Waals surface area contributed by atoms with Crippen molar-refractivity contribution < 1.29 is 4.79 Å². The second-order valence-electron chi connectivity index (χ2n) is 4.63. The van der Waals surface area contributed by atoms with E-state index >= 15 is 0 Å². The van der Waals surface area contributed by atoms with Crippen molar-refractivity contribution in [1.29, 1.82) is 0 Å². The molecule has 1 aromatic heterocycles. The summed E-state index contributed by atoms with van der Waals surface area (Å²) in [6, 6.07) is 0. The number of rotatable bonds is 2. The zero-order chi connectivity index (χ0) is 10.9. The summed E-state index contributed by atoms with van der Waals surface area (Å²) in [6.45, 7) is 4.18. The third-order valence-electron chi connectivity index (χ3n) is 2.35. The highest BCUT2D eigenvalue weighted by atomic mass is 16.1.